The van der Waals surface area contributed by atoms with E-state index in [0.717, 1.165) is 0 Å². The van der Waals surface area contributed by atoms with Gasteiger partial charge in [-0.15, -0.1) is 0 Å². The summed E-state index contributed by atoms with van der Waals surface area (Å²) in [5, 5.41) is 9.20. The first-order chi connectivity index (χ1) is 9.56. The van der Waals surface area contributed by atoms with Crippen LogP contribution in [0.1, 0.15) is 10.5 Å². The van der Waals surface area contributed by atoms with Gasteiger partial charge in [0, 0.05) is 17.4 Å². The molecule has 1 aromatic carbocycles. The van der Waals surface area contributed by atoms with Gasteiger partial charge in [0.2, 0.25) is 0 Å². The molecule has 0 unspecified atom stereocenters. The normalized spacial score (nSPS) is 10.8. The fraction of sp³-hybridized carbons (Fsp3) is 0. The van der Waals surface area contributed by atoms with Gasteiger partial charge in [0.1, 0.15) is 11.6 Å². The third-order valence-electron chi connectivity index (χ3n) is 2.97. The van der Waals surface area contributed by atoms with Gasteiger partial charge < -0.3 is 10.8 Å². The number of aromatic nitrogens is 2. The van der Waals surface area contributed by atoms with E-state index in [-0.39, 0.29) is 11.5 Å². The van der Waals surface area contributed by atoms with Crippen LogP contribution in [-0.2, 0) is 0 Å². The summed E-state index contributed by atoms with van der Waals surface area (Å²) in [6.07, 6.45) is 1.64. The first kappa shape index (κ1) is 12.2. The molecule has 3 N–H and O–H groups in total. The Morgan fingerprint density at radius 2 is 1.95 bits per heavy atom. The highest BCUT2D eigenvalue weighted by Gasteiger charge is 2.17. The number of rotatable bonds is 2. The van der Waals surface area contributed by atoms with Gasteiger partial charge in [-0.25, -0.2) is 14.2 Å². The van der Waals surface area contributed by atoms with Crippen molar-refractivity contribution >= 4 is 17.2 Å². The number of hydrogen-bond donors (Lipinski definition) is 2. The number of nitrogens with zero attached hydrogens (tertiary/aromatic N) is 2. The Kier molecular flexibility index (Phi) is 2.64. The van der Waals surface area contributed by atoms with Crippen molar-refractivity contribution in [2.24, 2.45) is 0 Å². The SMILES string of the molecule is Nc1ccn2c(-c3ccc(F)cc3)nc(C(=O)O)c2c1. The molecule has 0 saturated heterocycles. The molecule has 0 radical (unpaired) electrons. The lowest BCUT2D eigenvalue weighted by atomic mass is 10.2. The van der Waals surface area contributed by atoms with Gasteiger partial charge in [-0.05, 0) is 36.4 Å². The number of carboxylic acid groups (broad SMARTS) is 1. The van der Waals surface area contributed by atoms with Crippen molar-refractivity contribution < 1.29 is 14.3 Å². The van der Waals surface area contributed by atoms with Gasteiger partial charge in [-0.2, -0.15) is 0 Å². The number of hydrogen-bond acceptors (Lipinski definition) is 3. The second-order valence-corrected chi connectivity index (χ2v) is 4.31. The topological polar surface area (TPSA) is 80.6 Å². The Morgan fingerprint density at radius 1 is 1.25 bits per heavy atom. The van der Waals surface area contributed by atoms with E-state index >= 15 is 0 Å². The largest absolute Gasteiger partial charge is 0.476 e. The van der Waals surface area contributed by atoms with Crippen LogP contribution in [0.5, 0.6) is 0 Å². The fourth-order valence-corrected chi connectivity index (χ4v) is 2.06. The average Bonchev–Trinajstić information content (AvgIpc) is 2.78. The van der Waals surface area contributed by atoms with Crippen LogP contribution < -0.4 is 5.73 Å². The maximum atomic E-state index is 13.0. The molecule has 0 fully saturated rings. The Labute approximate surface area is 113 Å². The van der Waals surface area contributed by atoms with Gasteiger partial charge >= 0.3 is 5.97 Å². The van der Waals surface area contributed by atoms with Crippen LogP contribution in [0, 0.1) is 5.82 Å². The molecule has 0 atom stereocenters. The first-order valence-electron chi connectivity index (χ1n) is 5.83. The van der Waals surface area contributed by atoms with Crippen LogP contribution in [0.2, 0.25) is 0 Å². The van der Waals surface area contributed by atoms with E-state index in [1.165, 1.54) is 12.1 Å². The zero-order valence-electron chi connectivity index (χ0n) is 10.2. The predicted molar refractivity (Wildman–Crippen MR) is 72.0 cm³/mol. The number of carbonyl (C=O) groups is 1. The zero-order chi connectivity index (χ0) is 14.3. The van der Waals surface area contributed by atoms with E-state index in [1.807, 2.05) is 0 Å². The van der Waals surface area contributed by atoms with Crippen LogP contribution in [-0.4, -0.2) is 20.5 Å². The molecule has 0 saturated carbocycles. The monoisotopic (exact) mass is 271 g/mol. The van der Waals surface area contributed by atoms with Crippen molar-refractivity contribution in [2.75, 3.05) is 5.73 Å². The summed E-state index contributed by atoms with van der Waals surface area (Å²) >= 11 is 0. The number of imidazole rings is 1. The third-order valence-corrected chi connectivity index (χ3v) is 2.97. The second-order valence-electron chi connectivity index (χ2n) is 4.31. The Bertz CT molecular complexity index is 809. The van der Waals surface area contributed by atoms with E-state index in [1.54, 1.807) is 34.9 Å². The van der Waals surface area contributed by atoms with Crippen LogP contribution in [0.4, 0.5) is 10.1 Å². The molecule has 0 bridgehead atoms. The number of nitrogen functional groups attached to an aromatic ring is 1. The minimum Gasteiger partial charge on any atom is -0.476 e. The summed E-state index contributed by atoms with van der Waals surface area (Å²) in [7, 11) is 0. The van der Waals surface area contributed by atoms with E-state index in [9.17, 15) is 14.3 Å². The highest BCUT2D eigenvalue weighted by molar-refractivity contribution is 5.95. The maximum absolute atomic E-state index is 13.0. The zero-order valence-corrected chi connectivity index (χ0v) is 10.2. The van der Waals surface area contributed by atoms with Gasteiger partial charge in [-0.1, -0.05) is 0 Å². The van der Waals surface area contributed by atoms with Gasteiger partial charge in [0.05, 0.1) is 5.52 Å². The van der Waals surface area contributed by atoms with E-state index in [2.05, 4.69) is 4.98 Å². The molecule has 3 rings (SSSR count). The molecular formula is C14H10FN3O2. The molecule has 2 aromatic heterocycles. The summed E-state index contributed by atoms with van der Waals surface area (Å²) in [6, 6.07) is 8.89. The minimum absolute atomic E-state index is 0.0865. The number of nitrogens with two attached hydrogens (primary N) is 1. The maximum Gasteiger partial charge on any atom is 0.356 e. The number of anilines is 1. The van der Waals surface area contributed by atoms with Crippen molar-refractivity contribution in [3.05, 3.63) is 54.1 Å². The molecule has 0 spiro atoms. The Balaban J connectivity index is 2.31. The molecule has 20 heavy (non-hydrogen) atoms. The quantitative estimate of drug-likeness (QED) is 0.750. The van der Waals surface area contributed by atoms with Crippen LogP contribution >= 0.6 is 0 Å². The van der Waals surface area contributed by atoms with Crippen LogP contribution in [0.3, 0.4) is 0 Å². The molecule has 0 aliphatic carbocycles. The van der Waals surface area contributed by atoms with Crippen molar-refractivity contribution in [3.63, 3.8) is 0 Å². The van der Waals surface area contributed by atoms with Crippen molar-refractivity contribution in [1.82, 2.24) is 9.38 Å². The van der Waals surface area contributed by atoms with Gasteiger partial charge in [-0.3, -0.25) is 4.40 Å². The van der Waals surface area contributed by atoms with Crippen molar-refractivity contribution in [1.29, 1.82) is 0 Å². The highest BCUT2D eigenvalue weighted by atomic mass is 19.1. The molecule has 3 aromatic rings. The average molecular weight is 271 g/mol. The summed E-state index contributed by atoms with van der Waals surface area (Å²) in [6.45, 7) is 0. The molecular weight excluding hydrogens is 261 g/mol. The summed E-state index contributed by atoms with van der Waals surface area (Å²) in [5.41, 5.74) is 7.06. The number of aromatic carboxylic acids is 1. The smallest absolute Gasteiger partial charge is 0.356 e. The standard InChI is InChI=1S/C14H10FN3O2/c15-9-3-1-8(2-4-9)13-17-12(14(19)20)11-7-10(16)5-6-18(11)13/h1-7H,16H2,(H,19,20). The predicted octanol–water partition coefficient (Wildman–Crippen LogP) is 2.42. The minimum atomic E-state index is -1.14. The molecule has 0 amide bonds. The summed E-state index contributed by atoms with van der Waals surface area (Å²) < 4.78 is 14.6. The number of halogens is 1. The lowest BCUT2D eigenvalue weighted by molar-refractivity contribution is 0.0693. The summed E-state index contributed by atoms with van der Waals surface area (Å²) in [4.78, 5) is 15.4. The first-order valence-corrected chi connectivity index (χ1v) is 5.83. The molecule has 6 heteroatoms. The summed E-state index contributed by atoms with van der Waals surface area (Å²) in [5.74, 6) is -1.07. The van der Waals surface area contributed by atoms with Crippen molar-refractivity contribution in [2.45, 2.75) is 0 Å². The molecule has 2 heterocycles. The Hall–Kier alpha value is -2.89. The third kappa shape index (κ3) is 1.87. The molecule has 5 nitrogen and oxygen atoms in total. The lowest BCUT2D eigenvalue weighted by Gasteiger charge is -2.02. The highest BCUT2D eigenvalue weighted by Crippen LogP contribution is 2.24. The van der Waals surface area contributed by atoms with E-state index in [4.69, 9.17) is 5.73 Å². The fourth-order valence-electron chi connectivity index (χ4n) is 2.06. The van der Waals surface area contributed by atoms with Gasteiger partial charge in [0.25, 0.3) is 0 Å². The number of carboxylic acids is 1. The molecule has 0 aliphatic heterocycles. The van der Waals surface area contributed by atoms with E-state index in [0.29, 0.717) is 22.6 Å². The van der Waals surface area contributed by atoms with Gasteiger partial charge in [0.15, 0.2) is 5.69 Å². The van der Waals surface area contributed by atoms with E-state index < -0.39 is 5.97 Å². The molecule has 0 aliphatic rings. The Morgan fingerprint density at radius 3 is 2.60 bits per heavy atom. The number of benzene rings is 1. The lowest BCUT2D eigenvalue weighted by Crippen LogP contribution is -1.97. The van der Waals surface area contributed by atoms with Crippen LogP contribution in [0.15, 0.2) is 42.6 Å². The number of fused-ring (bicyclic) bond motifs is 1. The number of pyridine rings is 1. The van der Waals surface area contributed by atoms with Crippen molar-refractivity contribution in [3.8, 4) is 11.4 Å². The second kappa shape index (κ2) is 4.34. The van der Waals surface area contributed by atoms with Crippen LogP contribution in [0.25, 0.3) is 16.9 Å². The molecule has 100 valence electrons.